The number of nitrogens with one attached hydrogen (secondary N) is 2. The predicted octanol–water partition coefficient (Wildman–Crippen LogP) is 3.09. The van der Waals surface area contributed by atoms with Gasteiger partial charge in [-0.3, -0.25) is 29.0 Å². The van der Waals surface area contributed by atoms with Gasteiger partial charge >= 0.3 is 5.69 Å². The third-order valence-electron chi connectivity index (χ3n) is 5.09. The van der Waals surface area contributed by atoms with E-state index in [0.717, 1.165) is 0 Å². The van der Waals surface area contributed by atoms with Crippen LogP contribution in [0.1, 0.15) is 5.56 Å². The molecule has 0 radical (unpaired) electrons. The lowest BCUT2D eigenvalue weighted by Crippen LogP contribution is -2.29. The first-order valence-corrected chi connectivity index (χ1v) is 11.0. The van der Waals surface area contributed by atoms with Crippen LogP contribution in [-0.2, 0) is 13.6 Å². The first-order valence-electron chi connectivity index (χ1n) is 10.6. The molecule has 2 heterocycles. The highest BCUT2D eigenvalue weighted by molar-refractivity contribution is 6.41. The SMILES string of the molecule is Cn1c(=O)[nH]c(=O)c2c1nc(NN=CC(Cl)=Cc1ccc([N+](=O)[O-])cc1)n2CCOc1ccccc1. The molecule has 4 aromatic rings. The zero-order valence-corrected chi connectivity index (χ0v) is 19.7. The van der Waals surface area contributed by atoms with Crippen LogP contribution in [0.4, 0.5) is 11.6 Å². The van der Waals surface area contributed by atoms with E-state index in [1.165, 1.54) is 30.0 Å². The minimum Gasteiger partial charge on any atom is -0.492 e. The number of nitrogens with zero attached hydrogens (tertiary/aromatic N) is 5. The fourth-order valence-electron chi connectivity index (χ4n) is 3.35. The third-order valence-corrected chi connectivity index (χ3v) is 5.30. The summed E-state index contributed by atoms with van der Waals surface area (Å²) in [5.74, 6) is 0.864. The van der Waals surface area contributed by atoms with Gasteiger partial charge in [0.1, 0.15) is 12.4 Å². The maximum atomic E-state index is 12.6. The average Bonchev–Trinajstić information content (AvgIpc) is 3.22. The van der Waals surface area contributed by atoms with Gasteiger partial charge in [-0.2, -0.15) is 10.1 Å². The summed E-state index contributed by atoms with van der Waals surface area (Å²) in [6, 6.07) is 15.0. The number of halogens is 1. The number of nitro groups is 1. The fraction of sp³-hybridized carbons (Fsp3) is 0.130. The highest BCUT2D eigenvalue weighted by Crippen LogP contribution is 2.17. The molecule has 0 spiro atoms. The third kappa shape index (κ3) is 5.50. The van der Waals surface area contributed by atoms with Crippen molar-refractivity contribution >= 4 is 46.7 Å². The standard InChI is InChI=1S/C23H20ClN7O5/c1-29-20-19(21(32)27-23(29)33)30(11-12-36-18-5-3-2-4-6-18)22(26-20)28-25-14-16(24)13-15-7-9-17(10-8-15)31(34)35/h2-10,13-14H,11-12H2,1H3,(H,26,28)(H,27,32,33). The molecule has 36 heavy (non-hydrogen) atoms. The summed E-state index contributed by atoms with van der Waals surface area (Å²) in [4.78, 5) is 41.5. The number of aryl methyl sites for hydroxylation is 1. The number of aromatic amines is 1. The monoisotopic (exact) mass is 509 g/mol. The number of rotatable bonds is 9. The largest absolute Gasteiger partial charge is 0.492 e. The van der Waals surface area contributed by atoms with Crippen LogP contribution < -0.4 is 21.4 Å². The second kappa shape index (κ2) is 10.7. The number of benzene rings is 2. The lowest BCUT2D eigenvalue weighted by atomic mass is 10.2. The Balaban J connectivity index is 1.57. The first-order chi connectivity index (χ1) is 17.3. The Labute approximate surface area is 208 Å². The summed E-state index contributed by atoms with van der Waals surface area (Å²) in [6.07, 6.45) is 2.89. The lowest BCUT2D eigenvalue weighted by molar-refractivity contribution is -0.384. The second-order valence-corrected chi connectivity index (χ2v) is 7.92. The van der Waals surface area contributed by atoms with Crippen molar-refractivity contribution < 1.29 is 9.66 Å². The summed E-state index contributed by atoms with van der Waals surface area (Å²) >= 11 is 6.22. The normalized spacial score (nSPS) is 11.8. The van der Waals surface area contributed by atoms with Crippen molar-refractivity contribution in [1.82, 2.24) is 19.1 Å². The van der Waals surface area contributed by atoms with Gasteiger partial charge in [-0.15, -0.1) is 0 Å². The van der Waals surface area contributed by atoms with Gasteiger partial charge in [0, 0.05) is 19.2 Å². The minimum atomic E-state index is -0.596. The summed E-state index contributed by atoms with van der Waals surface area (Å²) in [5, 5.41) is 15.1. The number of H-pyrrole nitrogens is 1. The number of non-ortho nitro benzene ring substituents is 1. The molecular weight excluding hydrogens is 490 g/mol. The number of nitro benzene ring substituents is 1. The number of ether oxygens (including phenoxy) is 1. The number of hydrogen-bond acceptors (Lipinski definition) is 8. The van der Waals surface area contributed by atoms with E-state index in [0.29, 0.717) is 11.3 Å². The Morgan fingerprint density at radius 2 is 1.94 bits per heavy atom. The Bertz CT molecular complexity index is 1570. The van der Waals surface area contributed by atoms with Crippen LogP contribution in [0.3, 0.4) is 0 Å². The number of allylic oxidation sites excluding steroid dienone is 1. The van der Waals surface area contributed by atoms with E-state index in [2.05, 4.69) is 20.5 Å². The Morgan fingerprint density at radius 1 is 1.22 bits per heavy atom. The summed E-state index contributed by atoms with van der Waals surface area (Å²) in [6.45, 7) is 0.452. The number of fused-ring (bicyclic) bond motifs is 1. The van der Waals surface area contributed by atoms with Gasteiger partial charge in [0.15, 0.2) is 11.2 Å². The van der Waals surface area contributed by atoms with Crippen LogP contribution in [-0.4, -0.2) is 36.8 Å². The molecule has 184 valence electrons. The summed E-state index contributed by atoms with van der Waals surface area (Å²) in [7, 11) is 1.50. The zero-order chi connectivity index (χ0) is 25.7. The molecule has 12 nitrogen and oxygen atoms in total. The van der Waals surface area contributed by atoms with Crippen LogP contribution >= 0.6 is 11.6 Å². The molecule has 2 aromatic carbocycles. The maximum absolute atomic E-state index is 12.6. The molecule has 0 amide bonds. The summed E-state index contributed by atoms with van der Waals surface area (Å²) < 4.78 is 8.52. The molecular formula is C23H20ClN7O5. The number of hydrogen-bond donors (Lipinski definition) is 2. The number of imidazole rings is 1. The second-order valence-electron chi connectivity index (χ2n) is 7.49. The molecule has 0 saturated carbocycles. The van der Waals surface area contributed by atoms with E-state index in [-0.39, 0.29) is 41.0 Å². The van der Waals surface area contributed by atoms with E-state index in [9.17, 15) is 19.7 Å². The molecule has 0 saturated heterocycles. The Morgan fingerprint density at radius 3 is 2.64 bits per heavy atom. The first kappa shape index (κ1) is 24.4. The van der Waals surface area contributed by atoms with Crippen LogP contribution in [0.2, 0.25) is 0 Å². The topological polar surface area (TPSA) is 149 Å². The van der Waals surface area contributed by atoms with Crippen molar-refractivity contribution in [1.29, 1.82) is 0 Å². The predicted molar refractivity (Wildman–Crippen MR) is 137 cm³/mol. The Hall–Kier alpha value is -4.71. The maximum Gasteiger partial charge on any atom is 0.329 e. The molecule has 13 heteroatoms. The number of para-hydroxylation sites is 1. The van der Waals surface area contributed by atoms with E-state index in [1.807, 2.05) is 30.3 Å². The van der Waals surface area contributed by atoms with Crippen molar-refractivity contribution in [2.45, 2.75) is 6.54 Å². The number of anilines is 1. The van der Waals surface area contributed by atoms with Gasteiger partial charge in [-0.1, -0.05) is 29.8 Å². The Kier molecular flexibility index (Phi) is 7.25. The molecule has 0 bridgehead atoms. The smallest absolute Gasteiger partial charge is 0.329 e. The molecule has 0 atom stereocenters. The molecule has 2 aromatic heterocycles. The average molecular weight is 510 g/mol. The van der Waals surface area contributed by atoms with Gasteiger partial charge in [-0.25, -0.2) is 10.2 Å². The highest BCUT2D eigenvalue weighted by atomic mass is 35.5. The van der Waals surface area contributed by atoms with Gasteiger partial charge in [0.25, 0.3) is 11.2 Å². The lowest BCUT2D eigenvalue weighted by Gasteiger charge is -2.10. The summed E-state index contributed by atoms with van der Waals surface area (Å²) in [5.41, 5.74) is 2.53. The van der Waals surface area contributed by atoms with E-state index in [4.69, 9.17) is 16.3 Å². The van der Waals surface area contributed by atoms with E-state index in [1.54, 1.807) is 22.8 Å². The van der Waals surface area contributed by atoms with Gasteiger partial charge in [0.2, 0.25) is 5.95 Å². The molecule has 0 unspecified atom stereocenters. The quantitative estimate of drug-likeness (QED) is 0.200. The number of hydrazone groups is 1. The van der Waals surface area contributed by atoms with Crippen molar-refractivity contribution in [3.63, 3.8) is 0 Å². The van der Waals surface area contributed by atoms with E-state index >= 15 is 0 Å². The molecule has 2 N–H and O–H groups in total. The molecule has 0 fully saturated rings. The van der Waals surface area contributed by atoms with Crippen LogP contribution in [0, 0.1) is 10.1 Å². The van der Waals surface area contributed by atoms with Gasteiger partial charge < -0.3 is 4.74 Å². The molecule has 0 aliphatic heterocycles. The molecule has 0 aliphatic rings. The number of aromatic nitrogens is 4. The fourth-order valence-corrected chi connectivity index (χ4v) is 3.52. The molecule has 4 rings (SSSR count). The zero-order valence-electron chi connectivity index (χ0n) is 18.9. The van der Waals surface area contributed by atoms with Crippen molar-refractivity contribution in [2.75, 3.05) is 12.0 Å². The van der Waals surface area contributed by atoms with Crippen molar-refractivity contribution in [2.24, 2.45) is 12.1 Å². The van der Waals surface area contributed by atoms with Crippen LogP contribution in [0.15, 0.2) is 74.3 Å². The van der Waals surface area contributed by atoms with Gasteiger partial charge in [0.05, 0.1) is 22.7 Å². The minimum absolute atomic E-state index is 0.0295. The van der Waals surface area contributed by atoms with Gasteiger partial charge in [-0.05, 0) is 35.9 Å². The van der Waals surface area contributed by atoms with Crippen molar-refractivity contribution in [3.05, 3.63) is 96.1 Å². The van der Waals surface area contributed by atoms with Crippen molar-refractivity contribution in [3.8, 4) is 5.75 Å². The highest BCUT2D eigenvalue weighted by Gasteiger charge is 2.17. The van der Waals surface area contributed by atoms with E-state index < -0.39 is 16.2 Å². The molecule has 0 aliphatic carbocycles. The van der Waals surface area contributed by atoms with Crippen LogP contribution in [0.5, 0.6) is 5.75 Å². The van der Waals surface area contributed by atoms with Crippen LogP contribution in [0.25, 0.3) is 17.2 Å².